The highest BCUT2D eigenvalue weighted by Gasteiger charge is 2.13. The molecule has 1 atom stereocenters. The van der Waals surface area contributed by atoms with Gasteiger partial charge in [-0.25, -0.2) is 0 Å². The van der Waals surface area contributed by atoms with E-state index in [9.17, 15) is 4.57 Å². The van der Waals surface area contributed by atoms with Crippen LogP contribution in [0.5, 0.6) is 0 Å². The second-order valence-electron chi connectivity index (χ2n) is 2.12. The Balaban J connectivity index is 3.46. The van der Waals surface area contributed by atoms with Crippen molar-refractivity contribution in [3.05, 3.63) is 0 Å². The van der Waals surface area contributed by atoms with Gasteiger partial charge in [0.25, 0.3) is 0 Å². The van der Waals surface area contributed by atoms with Crippen LogP contribution < -0.4 is 5.73 Å². The maximum atomic E-state index is 10.3. The smallest absolute Gasteiger partial charge is 0.325 e. The molecular formula is C4H12NO3PS. The molecule has 10 heavy (non-hydrogen) atoms. The van der Waals surface area contributed by atoms with Crippen molar-refractivity contribution in [1.29, 1.82) is 0 Å². The second-order valence-corrected chi connectivity index (χ2v) is 4.26. The van der Waals surface area contributed by atoms with E-state index in [0.717, 1.165) is 0 Å². The molecule has 62 valence electrons. The predicted octanol–water partition coefficient (Wildman–Crippen LogP) is -0.189. The first-order valence-corrected chi connectivity index (χ1v) is 5.29. The first-order valence-electron chi connectivity index (χ1n) is 2.86. The molecule has 0 bridgehead atoms. The summed E-state index contributed by atoms with van der Waals surface area (Å²) in [6, 6.07) is -0.212. The molecule has 0 saturated carbocycles. The highest BCUT2D eigenvalue weighted by molar-refractivity contribution is 7.80. The van der Waals surface area contributed by atoms with Crippen molar-refractivity contribution >= 4 is 20.2 Å². The van der Waals surface area contributed by atoms with Crippen molar-refractivity contribution < 1.29 is 14.4 Å². The summed E-state index contributed by atoms with van der Waals surface area (Å²) in [6.07, 6.45) is 0.183. The number of rotatable bonds is 4. The van der Waals surface area contributed by atoms with E-state index in [1.165, 1.54) is 0 Å². The van der Waals surface area contributed by atoms with Crippen LogP contribution in [0.15, 0.2) is 0 Å². The lowest BCUT2D eigenvalue weighted by Gasteiger charge is -2.07. The van der Waals surface area contributed by atoms with Crippen LogP contribution in [0, 0.1) is 0 Å². The van der Waals surface area contributed by atoms with Gasteiger partial charge in [0.15, 0.2) is 0 Å². The fourth-order valence-corrected chi connectivity index (χ4v) is 1.28. The van der Waals surface area contributed by atoms with Crippen LogP contribution in [0.2, 0.25) is 0 Å². The summed E-state index contributed by atoms with van der Waals surface area (Å²) in [5, 5.41) is 0. The van der Waals surface area contributed by atoms with Gasteiger partial charge in [0.05, 0.1) is 6.16 Å². The van der Waals surface area contributed by atoms with E-state index in [4.69, 9.17) is 15.5 Å². The molecule has 0 aromatic carbocycles. The molecule has 0 heterocycles. The molecule has 0 rings (SSSR count). The summed E-state index contributed by atoms with van der Waals surface area (Å²) in [5.41, 5.74) is 5.36. The van der Waals surface area contributed by atoms with Gasteiger partial charge in [-0.3, -0.25) is 4.57 Å². The Kier molecular flexibility index (Phi) is 4.56. The fraction of sp³-hybridized carbons (Fsp3) is 1.00. The van der Waals surface area contributed by atoms with Crippen molar-refractivity contribution in [1.82, 2.24) is 0 Å². The fourth-order valence-electron chi connectivity index (χ4n) is 0.425. The van der Waals surface area contributed by atoms with Gasteiger partial charge in [0.1, 0.15) is 0 Å². The van der Waals surface area contributed by atoms with Gasteiger partial charge < -0.3 is 15.5 Å². The van der Waals surface area contributed by atoms with E-state index in [1.54, 1.807) is 0 Å². The monoisotopic (exact) mass is 185 g/mol. The number of thiol groups is 1. The third kappa shape index (κ3) is 6.58. The third-order valence-electron chi connectivity index (χ3n) is 1.03. The molecular weight excluding hydrogens is 173 g/mol. The summed E-state index contributed by atoms with van der Waals surface area (Å²) in [7, 11) is -3.85. The van der Waals surface area contributed by atoms with E-state index >= 15 is 0 Å². The first-order chi connectivity index (χ1) is 4.45. The van der Waals surface area contributed by atoms with E-state index < -0.39 is 7.60 Å². The van der Waals surface area contributed by atoms with Crippen LogP contribution >= 0.6 is 20.2 Å². The predicted molar refractivity (Wildman–Crippen MR) is 43.4 cm³/mol. The van der Waals surface area contributed by atoms with Crippen molar-refractivity contribution in [3.63, 3.8) is 0 Å². The van der Waals surface area contributed by atoms with Gasteiger partial charge in [-0.2, -0.15) is 12.6 Å². The summed E-state index contributed by atoms with van der Waals surface area (Å²) in [6.45, 7) is 0. The molecule has 0 aliphatic carbocycles. The van der Waals surface area contributed by atoms with E-state index in [2.05, 4.69) is 12.6 Å². The van der Waals surface area contributed by atoms with Crippen LogP contribution in [-0.2, 0) is 4.57 Å². The molecule has 0 radical (unpaired) electrons. The molecule has 0 saturated heterocycles. The maximum Gasteiger partial charge on any atom is 0.325 e. The Bertz CT molecular complexity index is 136. The molecule has 0 fully saturated rings. The Morgan fingerprint density at radius 1 is 1.60 bits per heavy atom. The minimum Gasteiger partial charge on any atom is -0.327 e. The zero-order chi connectivity index (χ0) is 8.20. The van der Waals surface area contributed by atoms with Crippen molar-refractivity contribution in [2.24, 2.45) is 5.73 Å². The zero-order valence-corrected chi connectivity index (χ0v) is 7.26. The standard InChI is InChI=1S/C4H12NO3PS/c5-4(3-10)1-2-9(6,7)8/h4,10H,1-3,5H2,(H2,6,7,8)/t4-/m1/s1. The lowest BCUT2D eigenvalue weighted by Crippen LogP contribution is -2.22. The van der Waals surface area contributed by atoms with E-state index in [0.29, 0.717) is 12.2 Å². The van der Waals surface area contributed by atoms with Crippen LogP contribution in [0.25, 0.3) is 0 Å². The summed E-state index contributed by atoms with van der Waals surface area (Å²) >= 11 is 3.87. The Morgan fingerprint density at radius 2 is 2.10 bits per heavy atom. The third-order valence-corrected chi connectivity index (χ3v) is 2.34. The maximum absolute atomic E-state index is 10.3. The van der Waals surface area contributed by atoms with Gasteiger partial charge in [0.2, 0.25) is 0 Å². The quantitative estimate of drug-likeness (QED) is 0.361. The number of hydrogen-bond acceptors (Lipinski definition) is 3. The molecule has 0 aromatic rings. The molecule has 0 unspecified atom stereocenters. The molecule has 0 spiro atoms. The Hall–Kier alpha value is 0.460. The van der Waals surface area contributed by atoms with Crippen LogP contribution in [0.3, 0.4) is 0 Å². The lowest BCUT2D eigenvalue weighted by atomic mass is 10.3. The lowest BCUT2D eigenvalue weighted by molar-refractivity contribution is 0.370. The topological polar surface area (TPSA) is 83.6 Å². The minimum absolute atomic E-state index is 0.144. The van der Waals surface area contributed by atoms with Gasteiger partial charge in [-0.1, -0.05) is 0 Å². The number of nitrogens with two attached hydrogens (primary N) is 1. The Morgan fingerprint density at radius 3 is 2.40 bits per heavy atom. The van der Waals surface area contributed by atoms with Gasteiger partial charge >= 0.3 is 7.60 Å². The average molecular weight is 185 g/mol. The van der Waals surface area contributed by atoms with Crippen LogP contribution in [0.4, 0.5) is 0 Å². The highest BCUT2D eigenvalue weighted by Crippen LogP contribution is 2.35. The average Bonchev–Trinajstić information content (AvgIpc) is 1.81. The molecule has 6 heteroatoms. The van der Waals surface area contributed by atoms with Gasteiger partial charge in [-0.05, 0) is 6.42 Å². The molecule has 4 N–H and O–H groups in total. The van der Waals surface area contributed by atoms with Crippen molar-refractivity contribution in [2.45, 2.75) is 12.5 Å². The van der Waals surface area contributed by atoms with Crippen molar-refractivity contribution in [3.8, 4) is 0 Å². The second kappa shape index (κ2) is 4.36. The minimum atomic E-state index is -3.85. The van der Waals surface area contributed by atoms with Crippen molar-refractivity contribution in [2.75, 3.05) is 11.9 Å². The number of hydrogen-bond donors (Lipinski definition) is 4. The molecule has 4 nitrogen and oxygen atoms in total. The molecule has 0 amide bonds. The normalized spacial score (nSPS) is 15.2. The van der Waals surface area contributed by atoms with Gasteiger partial charge in [0, 0.05) is 11.8 Å². The SMILES string of the molecule is N[C@@H](CS)CCP(=O)(O)O. The molecule has 0 aliphatic heterocycles. The largest absolute Gasteiger partial charge is 0.327 e. The Labute approximate surface area is 65.4 Å². The van der Waals surface area contributed by atoms with Gasteiger partial charge in [-0.15, -0.1) is 0 Å². The van der Waals surface area contributed by atoms with Crippen LogP contribution in [0.1, 0.15) is 6.42 Å². The zero-order valence-electron chi connectivity index (χ0n) is 5.47. The first kappa shape index (κ1) is 10.5. The summed E-state index contributed by atoms with van der Waals surface area (Å²) in [4.78, 5) is 16.8. The highest BCUT2D eigenvalue weighted by atomic mass is 32.1. The molecule has 0 aliphatic rings. The molecule has 0 aromatic heterocycles. The van der Waals surface area contributed by atoms with E-state index in [-0.39, 0.29) is 12.2 Å². The van der Waals surface area contributed by atoms with E-state index in [1.807, 2.05) is 0 Å². The summed E-state index contributed by atoms with van der Waals surface area (Å²) < 4.78 is 10.3. The van der Waals surface area contributed by atoms with Crippen LogP contribution in [-0.4, -0.2) is 27.7 Å². The summed E-state index contributed by atoms with van der Waals surface area (Å²) in [5.74, 6) is 0.458.